The van der Waals surface area contributed by atoms with Crippen molar-refractivity contribution in [2.45, 2.75) is 44.0 Å². The molecule has 0 amide bonds. The number of nitrogens with zero attached hydrogens (tertiary/aromatic N) is 1. The first-order valence-corrected chi connectivity index (χ1v) is 8.87. The Bertz CT molecular complexity index is 673. The first-order chi connectivity index (χ1) is 9.63. The maximum Gasteiger partial charge on any atom is 0.289 e. The Kier molecular flexibility index (Phi) is 4.41. The van der Waals surface area contributed by atoms with E-state index in [1.165, 1.54) is 18.2 Å². The van der Waals surface area contributed by atoms with Gasteiger partial charge in [-0.1, -0.05) is 36.2 Å². The zero-order chi connectivity index (χ0) is 15.8. The van der Waals surface area contributed by atoms with E-state index < -0.39 is 20.6 Å². The quantitative estimate of drug-likeness (QED) is 0.645. The van der Waals surface area contributed by atoms with Crippen molar-refractivity contribution in [3.05, 3.63) is 32.8 Å². The predicted molar refractivity (Wildman–Crippen MR) is 82.5 cm³/mol. The third kappa shape index (κ3) is 3.44. The minimum atomic E-state index is -3.93. The van der Waals surface area contributed by atoms with E-state index in [0.29, 0.717) is 4.47 Å². The fourth-order valence-electron chi connectivity index (χ4n) is 2.65. The van der Waals surface area contributed by atoms with E-state index >= 15 is 0 Å². The molecule has 1 saturated carbocycles. The molecule has 0 radical (unpaired) electrons. The van der Waals surface area contributed by atoms with Crippen LogP contribution >= 0.6 is 15.9 Å². The van der Waals surface area contributed by atoms with Crippen LogP contribution in [0.4, 0.5) is 5.69 Å². The highest BCUT2D eigenvalue weighted by Gasteiger charge is 2.38. The van der Waals surface area contributed by atoms with Gasteiger partial charge in [0.15, 0.2) is 4.90 Å². The van der Waals surface area contributed by atoms with E-state index in [4.69, 9.17) is 0 Å². The third-order valence-electron chi connectivity index (χ3n) is 3.96. The van der Waals surface area contributed by atoms with Gasteiger partial charge in [-0.05, 0) is 30.4 Å². The Morgan fingerprint density at radius 1 is 1.43 bits per heavy atom. The predicted octanol–water partition coefficient (Wildman–Crippen LogP) is 3.21. The Hall–Kier alpha value is -0.990. The van der Waals surface area contributed by atoms with Gasteiger partial charge in [0, 0.05) is 16.6 Å². The fraction of sp³-hybridized carbons (Fsp3) is 0.538. The summed E-state index contributed by atoms with van der Waals surface area (Å²) in [5.41, 5.74) is -0.560. The largest absolute Gasteiger partial charge is 0.289 e. The smallest absolute Gasteiger partial charge is 0.258 e. The Morgan fingerprint density at radius 3 is 2.62 bits per heavy atom. The maximum atomic E-state index is 12.5. The zero-order valence-electron chi connectivity index (χ0n) is 11.8. The summed E-state index contributed by atoms with van der Waals surface area (Å²) in [7, 11) is -3.93. The van der Waals surface area contributed by atoms with Crippen molar-refractivity contribution in [2.24, 2.45) is 5.41 Å². The van der Waals surface area contributed by atoms with Crippen molar-refractivity contribution in [1.29, 1.82) is 0 Å². The molecule has 21 heavy (non-hydrogen) atoms. The summed E-state index contributed by atoms with van der Waals surface area (Å²) >= 11 is 3.16. The highest BCUT2D eigenvalue weighted by atomic mass is 79.9. The van der Waals surface area contributed by atoms with Crippen LogP contribution in [-0.4, -0.2) is 19.4 Å². The summed E-state index contributed by atoms with van der Waals surface area (Å²) < 4.78 is 28.2. The van der Waals surface area contributed by atoms with Crippen LogP contribution in [0.1, 0.15) is 33.1 Å². The highest BCUT2D eigenvalue weighted by Crippen LogP contribution is 2.38. The average Bonchev–Trinajstić information content (AvgIpc) is 2.67. The molecule has 0 saturated heterocycles. The Balaban J connectivity index is 2.40. The van der Waals surface area contributed by atoms with Crippen molar-refractivity contribution in [3.63, 3.8) is 0 Å². The first kappa shape index (κ1) is 16.4. The minimum absolute atomic E-state index is 0.145. The molecule has 1 aromatic carbocycles. The van der Waals surface area contributed by atoms with Crippen LogP contribution < -0.4 is 4.72 Å². The van der Waals surface area contributed by atoms with E-state index in [1.807, 2.05) is 13.8 Å². The van der Waals surface area contributed by atoms with E-state index in [0.717, 1.165) is 19.3 Å². The van der Waals surface area contributed by atoms with Crippen LogP contribution in [0.15, 0.2) is 27.6 Å². The van der Waals surface area contributed by atoms with Crippen molar-refractivity contribution in [2.75, 3.05) is 0 Å². The molecule has 0 aliphatic heterocycles. The van der Waals surface area contributed by atoms with Crippen LogP contribution in [0, 0.1) is 15.5 Å². The summed E-state index contributed by atoms with van der Waals surface area (Å²) in [6, 6.07) is 3.71. The Labute approximate surface area is 132 Å². The van der Waals surface area contributed by atoms with E-state index in [1.54, 1.807) is 0 Å². The first-order valence-electron chi connectivity index (χ1n) is 6.60. The molecule has 116 valence electrons. The number of hydrogen-bond acceptors (Lipinski definition) is 4. The minimum Gasteiger partial charge on any atom is -0.258 e. The molecule has 1 aliphatic carbocycles. The summed E-state index contributed by atoms with van der Waals surface area (Å²) in [5, 5.41) is 11.0. The summed E-state index contributed by atoms with van der Waals surface area (Å²) in [6.45, 7) is 4.00. The van der Waals surface area contributed by atoms with Gasteiger partial charge in [-0.15, -0.1) is 0 Å². The number of benzene rings is 1. The lowest BCUT2D eigenvalue weighted by atomic mass is 9.88. The van der Waals surface area contributed by atoms with Crippen molar-refractivity contribution < 1.29 is 13.3 Å². The van der Waals surface area contributed by atoms with Gasteiger partial charge in [0.1, 0.15) is 0 Å². The normalized spacial score (nSPS) is 21.4. The molecule has 0 heterocycles. The van der Waals surface area contributed by atoms with Gasteiger partial charge >= 0.3 is 0 Å². The molecule has 6 nitrogen and oxygen atoms in total. The molecule has 1 fully saturated rings. The van der Waals surface area contributed by atoms with Crippen molar-refractivity contribution in [3.8, 4) is 0 Å². The van der Waals surface area contributed by atoms with Gasteiger partial charge in [-0.2, -0.15) is 0 Å². The molecule has 0 aromatic heterocycles. The second-order valence-corrected chi connectivity index (χ2v) is 8.52. The van der Waals surface area contributed by atoms with E-state index in [-0.39, 0.29) is 16.4 Å². The SMILES string of the molecule is CC1(C)CCCC1NS(=O)(=O)c1cc(Br)ccc1[N+](=O)[O-]. The molecule has 8 heteroatoms. The van der Waals surface area contributed by atoms with Crippen molar-refractivity contribution in [1.82, 2.24) is 4.72 Å². The molecule has 0 bridgehead atoms. The van der Waals surface area contributed by atoms with Gasteiger partial charge in [-0.3, -0.25) is 10.1 Å². The molecule has 2 rings (SSSR count). The number of nitrogens with one attached hydrogen (secondary N) is 1. The van der Waals surface area contributed by atoms with Gasteiger partial charge in [0.05, 0.1) is 4.92 Å². The monoisotopic (exact) mass is 376 g/mol. The molecule has 1 atom stereocenters. The average molecular weight is 377 g/mol. The van der Waals surface area contributed by atoms with E-state index in [9.17, 15) is 18.5 Å². The molecular formula is C13H17BrN2O4S. The molecule has 1 aromatic rings. The van der Waals surface area contributed by atoms with Crippen LogP contribution in [0.25, 0.3) is 0 Å². The van der Waals surface area contributed by atoms with Gasteiger partial charge < -0.3 is 0 Å². The number of hydrogen-bond donors (Lipinski definition) is 1. The molecular weight excluding hydrogens is 360 g/mol. The maximum absolute atomic E-state index is 12.5. The summed E-state index contributed by atoms with van der Waals surface area (Å²) in [5.74, 6) is 0. The lowest BCUT2D eigenvalue weighted by Gasteiger charge is -2.27. The summed E-state index contributed by atoms with van der Waals surface area (Å²) in [6.07, 6.45) is 2.62. The fourth-order valence-corrected chi connectivity index (χ4v) is 4.80. The number of rotatable bonds is 4. The highest BCUT2D eigenvalue weighted by molar-refractivity contribution is 9.10. The molecule has 0 spiro atoms. The zero-order valence-corrected chi connectivity index (χ0v) is 14.2. The van der Waals surface area contributed by atoms with Crippen molar-refractivity contribution >= 4 is 31.6 Å². The number of nitro benzene ring substituents is 1. The molecule has 1 unspecified atom stereocenters. The molecule has 1 N–H and O–H groups in total. The Morgan fingerprint density at radius 2 is 2.10 bits per heavy atom. The lowest BCUT2D eigenvalue weighted by molar-refractivity contribution is -0.387. The van der Waals surface area contributed by atoms with Crippen LogP contribution in [0.5, 0.6) is 0 Å². The van der Waals surface area contributed by atoms with Gasteiger partial charge in [-0.25, -0.2) is 13.1 Å². The second kappa shape index (κ2) is 5.66. The second-order valence-electron chi connectivity index (χ2n) is 5.92. The number of halogens is 1. The van der Waals surface area contributed by atoms with E-state index in [2.05, 4.69) is 20.7 Å². The number of nitro groups is 1. The lowest BCUT2D eigenvalue weighted by Crippen LogP contribution is -2.41. The van der Waals surface area contributed by atoms with Gasteiger partial charge in [0.25, 0.3) is 5.69 Å². The number of sulfonamides is 1. The topological polar surface area (TPSA) is 89.3 Å². The van der Waals surface area contributed by atoms with Crippen LogP contribution in [0.2, 0.25) is 0 Å². The third-order valence-corrected chi connectivity index (χ3v) is 5.96. The van der Waals surface area contributed by atoms with Crippen LogP contribution in [-0.2, 0) is 10.0 Å². The van der Waals surface area contributed by atoms with Gasteiger partial charge in [0.2, 0.25) is 10.0 Å². The summed E-state index contributed by atoms with van der Waals surface area (Å²) in [4.78, 5) is 10.1. The standard InChI is InChI=1S/C13H17BrN2O4S/c1-13(2)7-3-4-12(13)15-21(19,20)11-8-9(14)5-6-10(11)16(17)18/h5-6,8,12,15H,3-4,7H2,1-2H3. The van der Waals surface area contributed by atoms with Crippen LogP contribution in [0.3, 0.4) is 0 Å². The molecule has 1 aliphatic rings.